The van der Waals surface area contributed by atoms with Gasteiger partial charge < -0.3 is 19.9 Å². The molecule has 1 amide bonds. The minimum Gasteiger partial charge on any atom is -0.459 e. The number of nitrogens with one attached hydrogen (secondary N) is 1. The van der Waals surface area contributed by atoms with E-state index in [1.165, 1.54) is 19.3 Å². The van der Waals surface area contributed by atoms with Gasteiger partial charge in [0.25, 0.3) is 5.91 Å². The summed E-state index contributed by atoms with van der Waals surface area (Å²) >= 11 is 6.09. The highest BCUT2D eigenvalue weighted by Gasteiger charge is 2.42. The maximum atomic E-state index is 13.1. The summed E-state index contributed by atoms with van der Waals surface area (Å²) in [5.74, 6) is 1.54. The first kappa shape index (κ1) is 21.7. The van der Waals surface area contributed by atoms with E-state index in [4.69, 9.17) is 21.1 Å². The van der Waals surface area contributed by atoms with E-state index in [0.29, 0.717) is 29.7 Å². The Morgan fingerprint density at radius 3 is 2.70 bits per heavy atom. The van der Waals surface area contributed by atoms with Crippen molar-refractivity contribution in [1.29, 1.82) is 0 Å². The number of fused-ring (bicyclic) bond motifs is 2. The topological polar surface area (TPSA) is 67.8 Å². The zero-order valence-corrected chi connectivity index (χ0v) is 18.3. The fraction of sp³-hybridized carbons (Fsp3) is 0.625. The quantitative estimate of drug-likeness (QED) is 0.637. The third kappa shape index (κ3) is 4.68. The zero-order valence-electron chi connectivity index (χ0n) is 17.6. The van der Waals surface area contributed by atoms with Gasteiger partial charge in [0.1, 0.15) is 0 Å². The third-order valence-corrected chi connectivity index (χ3v) is 7.20. The maximum Gasteiger partial charge on any atom is 0.286 e. The molecule has 0 radical (unpaired) electrons. The van der Waals surface area contributed by atoms with Crippen molar-refractivity contribution in [3.05, 3.63) is 46.7 Å². The molecule has 4 rings (SSSR count). The summed E-state index contributed by atoms with van der Waals surface area (Å²) in [6.07, 6.45) is 7.65. The van der Waals surface area contributed by atoms with Crippen LogP contribution in [0.15, 0.2) is 36.1 Å². The lowest BCUT2D eigenvalue weighted by atomic mass is 9.80. The Balaban J connectivity index is 1.58. The van der Waals surface area contributed by atoms with Crippen molar-refractivity contribution >= 4 is 17.5 Å². The molecule has 30 heavy (non-hydrogen) atoms. The first-order valence-corrected chi connectivity index (χ1v) is 11.6. The number of hydrogen-bond acceptors (Lipinski definition) is 4. The molecule has 3 aliphatic rings. The smallest absolute Gasteiger partial charge is 0.286 e. The summed E-state index contributed by atoms with van der Waals surface area (Å²) in [6.45, 7) is 2.54. The fourth-order valence-electron chi connectivity index (χ4n) is 5.49. The fourth-order valence-corrected chi connectivity index (χ4v) is 5.62. The minimum absolute atomic E-state index is 0.0114. The number of halogens is 1. The molecular formula is C24H32ClNO4. The molecule has 2 N–H and O–H groups in total. The molecule has 0 aromatic heterocycles. The van der Waals surface area contributed by atoms with Crippen molar-refractivity contribution < 1.29 is 19.4 Å². The average Bonchev–Trinajstić information content (AvgIpc) is 3.36. The van der Waals surface area contributed by atoms with Crippen LogP contribution < -0.4 is 5.32 Å². The van der Waals surface area contributed by atoms with E-state index in [-0.39, 0.29) is 30.4 Å². The minimum atomic E-state index is -0.520. The van der Waals surface area contributed by atoms with Gasteiger partial charge in [-0.2, -0.15) is 0 Å². The van der Waals surface area contributed by atoms with Gasteiger partial charge >= 0.3 is 0 Å². The summed E-state index contributed by atoms with van der Waals surface area (Å²) in [7, 11) is 0. The molecule has 164 valence electrons. The van der Waals surface area contributed by atoms with Crippen LogP contribution in [0.1, 0.15) is 56.9 Å². The number of aliphatic hydroxyl groups is 1. The average molecular weight is 434 g/mol. The van der Waals surface area contributed by atoms with Gasteiger partial charge in [-0.1, -0.05) is 30.2 Å². The Kier molecular flexibility index (Phi) is 7.01. The predicted octanol–water partition coefficient (Wildman–Crippen LogP) is 4.39. The van der Waals surface area contributed by atoms with E-state index in [0.717, 1.165) is 24.3 Å². The molecule has 0 saturated heterocycles. The van der Waals surface area contributed by atoms with Crippen molar-refractivity contribution in [3.8, 4) is 0 Å². The Morgan fingerprint density at radius 2 is 2.07 bits per heavy atom. The highest BCUT2D eigenvalue weighted by atomic mass is 35.5. The van der Waals surface area contributed by atoms with Gasteiger partial charge in [-0.15, -0.1) is 0 Å². The lowest BCUT2D eigenvalue weighted by Crippen LogP contribution is -2.43. The zero-order chi connectivity index (χ0) is 21.1. The number of carbonyl (C=O) groups is 1. The second-order valence-electron chi connectivity index (χ2n) is 8.83. The standard InChI is InChI=1S/C24H32ClNO4/c1-2-29-24-19(4-3-11-27)20(16-7-9-18(25)10-8-16)14-22(30-24)23(28)26-21-13-15-5-6-17(21)12-15/h7-10,14-15,17,19-21,24,27H,2-6,11-13H2,1H3,(H,26,28)/t15?,17?,19-,20+,21?,24+/m0/s1. The van der Waals surface area contributed by atoms with Crippen LogP contribution in [0.2, 0.25) is 5.02 Å². The summed E-state index contributed by atoms with van der Waals surface area (Å²) in [5, 5.41) is 13.3. The molecule has 1 aromatic rings. The summed E-state index contributed by atoms with van der Waals surface area (Å²) in [4.78, 5) is 13.1. The number of ether oxygens (including phenoxy) is 2. The molecule has 1 aliphatic heterocycles. The van der Waals surface area contributed by atoms with E-state index in [2.05, 4.69) is 5.32 Å². The highest BCUT2D eigenvalue weighted by molar-refractivity contribution is 6.30. The Hall–Kier alpha value is -1.56. The SMILES string of the molecule is CCO[C@@H]1OC(C(=O)NC2CC3CCC2C3)=C[C@H](c2ccc(Cl)cc2)[C@@H]1CCCO. The van der Waals surface area contributed by atoms with E-state index < -0.39 is 6.29 Å². The number of hydrogen-bond donors (Lipinski definition) is 2. The van der Waals surface area contributed by atoms with Crippen molar-refractivity contribution in [2.24, 2.45) is 17.8 Å². The Bertz CT molecular complexity index is 765. The molecule has 2 fully saturated rings. The highest BCUT2D eigenvalue weighted by Crippen LogP contribution is 2.45. The Labute approximate surface area is 183 Å². The van der Waals surface area contributed by atoms with Crippen LogP contribution >= 0.6 is 11.6 Å². The molecule has 1 heterocycles. The molecule has 2 aliphatic carbocycles. The maximum absolute atomic E-state index is 13.1. The molecular weight excluding hydrogens is 402 g/mol. The van der Waals surface area contributed by atoms with Crippen molar-refractivity contribution in [3.63, 3.8) is 0 Å². The van der Waals surface area contributed by atoms with Crippen LogP contribution in [0.4, 0.5) is 0 Å². The van der Waals surface area contributed by atoms with Crippen LogP contribution in [0.3, 0.4) is 0 Å². The molecule has 5 nitrogen and oxygen atoms in total. The monoisotopic (exact) mass is 433 g/mol. The van der Waals surface area contributed by atoms with Gasteiger partial charge in [0.15, 0.2) is 5.76 Å². The molecule has 0 spiro atoms. The van der Waals surface area contributed by atoms with Crippen LogP contribution in [-0.2, 0) is 14.3 Å². The van der Waals surface area contributed by atoms with Crippen molar-refractivity contribution in [1.82, 2.24) is 5.32 Å². The number of amides is 1. The van der Waals surface area contributed by atoms with Gasteiger partial charge in [-0.05, 0) is 74.6 Å². The van der Waals surface area contributed by atoms with Crippen LogP contribution in [0, 0.1) is 17.8 Å². The molecule has 3 unspecified atom stereocenters. The van der Waals surface area contributed by atoms with Crippen LogP contribution in [-0.4, -0.2) is 36.6 Å². The number of carbonyl (C=O) groups excluding carboxylic acids is 1. The largest absolute Gasteiger partial charge is 0.459 e. The van der Waals surface area contributed by atoms with Gasteiger partial charge in [0.2, 0.25) is 6.29 Å². The van der Waals surface area contributed by atoms with Gasteiger partial charge in [0.05, 0.1) is 0 Å². The lowest BCUT2D eigenvalue weighted by molar-refractivity contribution is -0.167. The van der Waals surface area contributed by atoms with Crippen LogP contribution in [0.25, 0.3) is 0 Å². The van der Waals surface area contributed by atoms with Gasteiger partial charge in [-0.25, -0.2) is 0 Å². The van der Waals surface area contributed by atoms with E-state index in [1.54, 1.807) is 0 Å². The first-order valence-electron chi connectivity index (χ1n) is 11.3. The summed E-state index contributed by atoms with van der Waals surface area (Å²) < 4.78 is 12.0. The molecule has 6 heteroatoms. The van der Waals surface area contributed by atoms with E-state index in [9.17, 15) is 9.90 Å². The van der Waals surface area contributed by atoms with E-state index in [1.807, 2.05) is 37.3 Å². The first-order chi connectivity index (χ1) is 14.6. The molecule has 2 saturated carbocycles. The van der Waals surface area contributed by atoms with E-state index >= 15 is 0 Å². The van der Waals surface area contributed by atoms with Gasteiger partial charge in [-0.3, -0.25) is 4.79 Å². The molecule has 2 bridgehead atoms. The summed E-state index contributed by atoms with van der Waals surface area (Å²) in [6, 6.07) is 7.99. The number of rotatable bonds is 8. The lowest BCUT2D eigenvalue weighted by Gasteiger charge is -2.37. The number of allylic oxidation sites excluding steroid dienone is 1. The molecule has 1 aromatic carbocycles. The second-order valence-corrected chi connectivity index (χ2v) is 9.27. The predicted molar refractivity (Wildman–Crippen MR) is 116 cm³/mol. The van der Waals surface area contributed by atoms with Crippen LogP contribution in [0.5, 0.6) is 0 Å². The third-order valence-electron chi connectivity index (χ3n) is 6.94. The molecule has 6 atom stereocenters. The summed E-state index contributed by atoms with van der Waals surface area (Å²) in [5.41, 5.74) is 1.07. The normalized spacial score (nSPS) is 32.6. The van der Waals surface area contributed by atoms with Crippen molar-refractivity contribution in [2.45, 2.75) is 63.7 Å². The number of benzene rings is 1. The van der Waals surface area contributed by atoms with Gasteiger partial charge in [0, 0.05) is 36.1 Å². The second kappa shape index (κ2) is 9.71. The van der Waals surface area contributed by atoms with Crippen molar-refractivity contribution in [2.75, 3.05) is 13.2 Å². The number of aliphatic hydroxyl groups excluding tert-OH is 1. The Morgan fingerprint density at radius 1 is 1.27 bits per heavy atom.